The van der Waals surface area contributed by atoms with Gasteiger partial charge in [0.05, 0.1) is 31.1 Å². The number of rotatable bonds is 5. The van der Waals surface area contributed by atoms with Gasteiger partial charge < -0.3 is 19.6 Å². The largest absolute Gasteiger partial charge is 0.469 e. The molecular weight excluding hydrogens is 466 g/mol. The van der Waals surface area contributed by atoms with Crippen LogP contribution in [0.4, 0.5) is 5.82 Å². The molecule has 1 aromatic carbocycles. The molecule has 6 rings (SSSR count). The Balaban J connectivity index is 1.15. The van der Waals surface area contributed by atoms with E-state index < -0.39 is 6.10 Å². The number of carbonyl (C=O) groups excluding carboxylic acids is 1. The number of aliphatic hydroxyl groups excluding tert-OH is 1. The average molecular weight is 496 g/mol. The van der Waals surface area contributed by atoms with Gasteiger partial charge in [-0.25, -0.2) is 4.98 Å². The minimum Gasteiger partial charge on any atom is -0.469 e. The Morgan fingerprint density at radius 1 is 1.26 bits per heavy atom. The molecule has 4 atom stereocenters. The smallest absolute Gasteiger partial charge is 0.229 e. The number of halogens is 1. The van der Waals surface area contributed by atoms with Crippen LogP contribution in [0.15, 0.2) is 47.2 Å². The van der Waals surface area contributed by atoms with Gasteiger partial charge in [0.15, 0.2) is 0 Å². The number of ether oxygens (including phenoxy) is 1. The number of aliphatic hydroxyl groups is 1. The van der Waals surface area contributed by atoms with E-state index in [2.05, 4.69) is 28.2 Å². The molecule has 0 spiro atoms. The van der Waals surface area contributed by atoms with Gasteiger partial charge in [-0.3, -0.25) is 9.69 Å². The summed E-state index contributed by atoms with van der Waals surface area (Å²) < 4.78 is 11.0. The van der Waals surface area contributed by atoms with Crippen molar-refractivity contribution in [1.29, 1.82) is 0 Å². The minimum atomic E-state index is -0.450. The first-order valence-electron chi connectivity index (χ1n) is 12.4. The van der Waals surface area contributed by atoms with Crippen molar-refractivity contribution < 1.29 is 19.1 Å². The van der Waals surface area contributed by atoms with Crippen LogP contribution in [0.1, 0.15) is 49.3 Å². The number of likely N-dealkylation sites (tertiary alicyclic amines) is 1. The molecule has 0 bridgehead atoms. The number of furan rings is 1. The van der Waals surface area contributed by atoms with Crippen molar-refractivity contribution >= 4 is 34.1 Å². The van der Waals surface area contributed by atoms with Gasteiger partial charge in [0.25, 0.3) is 0 Å². The Morgan fingerprint density at radius 3 is 2.80 bits per heavy atom. The molecule has 4 heterocycles. The SMILES string of the molecule is C[C@]1(N2CCC(c3cc4cc(NC(=O)[C@@H]5C[C@H]5c5ccco5)ncc4cc3Cl)CC2)COC[C@H]1O. The molecule has 2 aromatic heterocycles. The number of benzene rings is 1. The fourth-order valence-electron chi connectivity index (χ4n) is 5.74. The molecule has 3 fully saturated rings. The Labute approximate surface area is 209 Å². The first-order valence-corrected chi connectivity index (χ1v) is 12.7. The molecular formula is C27H30ClN3O4. The zero-order chi connectivity index (χ0) is 24.2. The molecule has 1 amide bonds. The van der Waals surface area contributed by atoms with Crippen molar-refractivity contribution in [3.63, 3.8) is 0 Å². The number of nitrogens with zero attached hydrogens (tertiary/aromatic N) is 2. The lowest BCUT2D eigenvalue weighted by molar-refractivity contribution is -0.117. The van der Waals surface area contributed by atoms with Crippen molar-refractivity contribution in [2.45, 2.75) is 49.7 Å². The van der Waals surface area contributed by atoms with E-state index in [4.69, 9.17) is 20.8 Å². The van der Waals surface area contributed by atoms with Crippen LogP contribution in [0.2, 0.25) is 5.02 Å². The molecule has 2 saturated heterocycles. The number of piperidine rings is 1. The van der Waals surface area contributed by atoms with Crippen molar-refractivity contribution in [3.8, 4) is 0 Å². The summed E-state index contributed by atoms with van der Waals surface area (Å²) >= 11 is 6.71. The summed E-state index contributed by atoms with van der Waals surface area (Å²) in [5.74, 6) is 1.82. The molecule has 35 heavy (non-hydrogen) atoms. The van der Waals surface area contributed by atoms with Crippen LogP contribution in [0, 0.1) is 5.92 Å². The highest BCUT2D eigenvalue weighted by atomic mass is 35.5. The number of hydrogen-bond donors (Lipinski definition) is 2. The zero-order valence-electron chi connectivity index (χ0n) is 19.7. The highest BCUT2D eigenvalue weighted by Gasteiger charge is 2.46. The lowest BCUT2D eigenvalue weighted by Gasteiger charge is -2.43. The number of nitrogens with one attached hydrogen (secondary N) is 1. The standard InChI is InChI=1S/C27H30ClN3O4/c1-27(15-34-14-24(27)32)31-6-4-16(5-7-31)19-9-17-11-25(29-13-18(17)10-22(19)28)30-26(33)21-12-20(21)23-3-2-8-35-23/h2-3,8-11,13,16,20-21,24,32H,4-7,12,14-15H2,1H3,(H,29,30,33)/t20-,21-,24-,27+/m1/s1. The van der Waals surface area contributed by atoms with Gasteiger partial charge >= 0.3 is 0 Å². The number of anilines is 1. The fraction of sp³-hybridized carbons (Fsp3) is 0.481. The third-order valence-corrected chi connectivity index (χ3v) is 8.50. The van der Waals surface area contributed by atoms with Crippen molar-refractivity contribution in [3.05, 3.63) is 59.1 Å². The summed E-state index contributed by atoms with van der Waals surface area (Å²) in [5.41, 5.74) is 0.824. The van der Waals surface area contributed by atoms with E-state index in [0.29, 0.717) is 24.9 Å². The highest BCUT2D eigenvalue weighted by Crippen LogP contribution is 2.48. The quantitative estimate of drug-likeness (QED) is 0.540. The summed E-state index contributed by atoms with van der Waals surface area (Å²) in [7, 11) is 0. The van der Waals surface area contributed by atoms with Crippen LogP contribution in [0.3, 0.4) is 0 Å². The van der Waals surface area contributed by atoms with Gasteiger partial charge in [-0.15, -0.1) is 0 Å². The highest BCUT2D eigenvalue weighted by molar-refractivity contribution is 6.32. The van der Waals surface area contributed by atoms with Crippen LogP contribution < -0.4 is 5.32 Å². The number of aromatic nitrogens is 1. The molecule has 2 N–H and O–H groups in total. The van der Waals surface area contributed by atoms with Crippen molar-refractivity contribution in [1.82, 2.24) is 9.88 Å². The second-order valence-corrected chi connectivity index (χ2v) is 10.8. The lowest BCUT2D eigenvalue weighted by atomic mass is 9.85. The van der Waals surface area contributed by atoms with Crippen LogP contribution in [-0.2, 0) is 9.53 Å². The van der Waals surface area contributed by atoms with Gasteiger partial charge in [-0.05, 0) is 86.5 Å². The predicted octanol–water partition coefficient (Wildman–Crippen LogP) is 4.55. The van der Waals surface area contributed by atoms with Gasteiger partial charge in [0, 0.05) is 28.4 Å². The van der Waals surface area contributed by atoms with Gasteiger partial charge in [0.1, 0.15) is 11.6 Å². The van der Waals surface area contributed by atoms with Crippen LogP contribution in [0.5, 0.6) is 0 Å². The Kier molecular flexibility index (Phi) is 5.84. The summed E-state index contributed by atoms with van der Waals surface area (Å²) in [6, 6.07) is 9.83. The monoisotopic (exact) mass is 495 g/mol. The first kappa shape index (κ1) is 23.0. The van der Waals surface area contributed by atoms with E-state index in [9.17, 15) is 9.90 Å². The van der Waals surface area contributed by atoms with Crippen LogP contribution in [-0.4, -0.2) is 58.8 Å². The predicted molar refractivity (Wildman–Crippen MR) is 134 cm³/mol. The van der Waals surface area contributed by atoms with Gasteiger partial charge in [-0.2, -0.15) is 0 Å². The molecule has 7 nitrogen and oxygen atoms in total. The van der Waals surface area contributed by atoms with Crippen molar-refractivity contribution in [2.24, 2.45) is 5.92 Å². The average Bonchev–Trinajstić information content (AvgIpc) is 3.32. The number of fused-ring (bicyclic) bond motifs is 1. The van der Waals surface area contributed by atoms with E-state index in [1.807, 2.05) is 24.3 Å². The molecule has 3 aliphatic rings. The Bertz CT molecular complexity index is 1240. The molecule has 2 aliphatic heterocycles. The summed E-state index contributed by atoms with van der Waals surface area (Å²) in [6.07, 6.45) is 5.70. The number of pyridine rings is 1. The van der Waals surface area contributed by atoms with Crippen molar-refractivity contribution in [2.75, 3.05) is 31.6 Å². The third-order valence-electron chi connectivity index (χ3n) is 8.17. The van der Waals surface area contributed by atoms with E-state index in [-0.39, 0.29) is 23.3 Å². The maximum Gasteiger partial charge on any atom is 0.229 e. The maximum atomic E-state index is 12.7. The van der Waals surface area contributed by atoms with Gasteiger partial charge in [0.2, 0.25) is 5.91 Å². The molecule has 1 saturated carbocycles. The minimum absolute atomic E-state index is 0.0219. The van der Waals surface area contributed by atoms with Crippen LogP contribution in [0.25, 0.3) is 10.8 Å². The second kappa shape index (κ2) is 8.89. The summed E-state index contributed by atoms with van der Waals surface area (Å²) in [6.45, 7) is 4.86. The first-order chi connectivity index (χ1) is 16.9. The number of amides is 1. The molecule has 8 heteroatoms. The molecule has 0 radical (unpaired) electrons. The molecule has 184 valence electrons. The van der Waals surface area contributed by atoms with E-state index in [1.54, 1.807) is 12.5 Å². The van der Waals surface area contributed by atoms with Gasteiger partial charge in [-0.1, -0.05) is 11.6 Å². The normalized spacial score (nSPS) is 29.5. The Morgan fingerprint density at radius 2 is 2.09 bits per heavy atom. The van der Waals surface area contributed by atoms with E-state index in [1.165, 1.54) is 0 Å². The zero-order valence-corrected chi connectivity index (χ0v) is 20.5. The maximum absolute atomic E-state index is 12.7. The second-order valence-electron chi connectivity index (χ2n) is 10.4. The Hall–Kier alpha value is -2.45. The number of hydrogen-bond acceptors (Lipinski definition) is 6. The van der Waals surface area contributed by atoms with Crippen LogP contribution >= 0.6 is 11.6 Å². The summed E-state index contributed by atoms with van der Waals surface area (Å²) in [5, 5.41) is 16.1. The fourth-order valence-corrected chi connectivity index (χ4v) is 6.07. The number of carbonyl (C=O) groups is 1. The topological polar surface area (TPSA) is 87.8 Å². The lowest BCUT2D eigenvalue weighted by Crippen LogP contribution is -2.56. The third kappa shape index (κ3) is 4.25. The molecule has 1 aliphatic carbocycles. The van der Waals surface area contributed by atoms with E-state index in [0.717, 1.165) is 59.5 Å². The molecule has 0 unspecified atom stereocenters. The molecule has 3 aromatic rings. The van der Waals surface area contributed by atoms with E-state index >= 15 is 0 Å². The summed E-state index contributed by atoms with van der Waals surface area (Å²) in [4.78, 5) is 19.5.